The van der Waals surface area contributed by atoms with Crippen molar-refractivity contribution in [3.05, 3.63) is 81.7 Å². The lowest BCUT2D eigenvalue weighted by atomic mass is 9.82. The molecule has 0 radical (unpaired) electrons. The molecular weight excluding hydrogens is 421 g/mol. The van der Waals surface area contributed by atoms with Crippen LogP contribution < -0.4 is 5.56 Å². The predicted octanol–water partition coefficient (Wildman–Crippen LogP) is 4.24. The molecule has 2 atom stereocenters. The first-order valence-corrected chi connectivity index (χ1v) is 10.6. The van der Waals surface area contributed by atoms with Gasteiger partial charge in [0.05, 0.1) is 12.1 Å². The van der Waals surface area contributed by atoms with Crippen LogP contribution >= 0.6 is 0 Å². The molecule has 0 amide bonds. The minimum Gasteiger partial charge on any atom is -0.462 e. The predicted molar refractivity (Wildman–Crippen MR) is 112 cm³/mol. The lowest BCUT2D eigenvalue weighted by Gasteiger charge is -2.42. The van der Waals surface area contributed by atoms with Crippen LogP contribution in [0.4, 0.5) is 13.2 Å². The van der Waals surface area contributed by atoms with E-state index in [9.17, 15) is 23.1 Å². The Bertz CT molecular complexity index is 1200. The Hall–Kier alpha value is -2.84. The number of rotatable bonds is 4. The van der Waals surface area contributed by atoms with Gasteiger partial charge >= 0.3 is 6.18 Å². The van der Waals surface area contributed by atoms with Gasteiger partial charge in [-0.1, -0.05) is 12.1 Å². The summed E-state index contributed by atoms with van der Waals surface area (Å²) in [5.74, 6) is 1.79. The number of aliphatic hydroxyl groups excluding tert-OH is 1. The van der Waals surface area contributed by atoms with Crippen molar-refractivity contribution in [3.63, 3.8) is 0 Å². The molecule has 2 aliphatic rings. The fourth-order valence-corrected chi connectivity index (χ4v) is 5.07. The summed E-state index contributed by atoms with van der Waals surface area (Å²) in [5.41, 5.74) is 0.525. The van der Waals surface area contributed by atoms with Crippen LogP contribution in [0.2, 0.25) is 0 Å². The summed E-state index contributed by atoms with van der Waals surface area (Å²) in [4.78, 5) is 15.5. The van der Waals surface area contributed by atoms with Crippen LogP contribution in [0.1, 0.15) is 35.1 Å². The largest absolute Gasteiger partial charge is 0.462 e. The second-order valence-corrected chi connectivity index (χ2v) is 8.69. The Morgan fingerprint density at radius 2 is 1.84 bits per heavy atom. The quantitative estimate of drug-likeness (QED) is 0.654. The van der Waals surface area contributed by atoms with Gasteiger partial charge in [-0.2, -0.15) is 13.2 Å². The third-order valence-electron chi connectivity index (χ3n) is 6.43. The first-order chi connectivity index (χ1) is 15.3. The zero-order chi connectivity index (χ0) is 22.5. The van der Waals surface area contributed by atoms with E-state index < -0.39 is 11.7 Å². The van der Waals surface area contributed by atoms with E-state index in [2.05, 4.69) is 4.90 Å². The number of halogens is 3. The maximum atomic E-state index is 13.2. The molecule has 0 aliphatic carbocycles. The van der Waals surface area contributed by atoms with E-state index in [0.717, 1.165) is 43.1 Å². The number of hydrogen-bond acceptors (Lipinski definition) is 4. The SMILES string of the molecule is O=c1c(-c2cccc(C(F)(F)F)c2)ccc2n1C[C@H]1C[C@@H]2CN(Cc2ccc(CO)o2)C1. The van der Waals surface area contributed by atoms with Crippen molar-refractivity contribution >= 4 is 0 Å². The summed E-state index contributed by atoms with van der Waals surface area (Å²) >= 11 is 0. The molecule has 0 unspecified atom stereocenters. The van der Waals surface area contributed by atoms with Gasteiger partial charge in [-0.25, -0.2) is 0 Å². The Morgan fingerprint density at radius 3 is 2.59 bits per heavy atom. The highest BCUT2D eigenvalue weighted by Gasteiger charge is 2.35. The zero-order valence-electron chi connectivity index (χ0n) is 17.3. The van der Waals surface area contributed by atoms with Gasteiger partial charge in [-0.3, -0.25) is 9.69 Å². The number of likely N-dealkylation sites (tertiary alicyclic amines) is 1. The number of benzene rings is 1. The molecule has 2 aromatic heterocycles. The Kier molecular flexibility index (Phi) is 5.22. The van der Waals surface area contributed by atoms with Crippen LogP contribution in [0, 0.1) is 5.92 Å². The van der Waals surface area contributed by atoms with E-state index in [0.29, 0.717) is 24.4 Å². The van der Waals surface area contributed by atoms with Crippen molar-refractivity contribution in [2.75, 3.05) is 13.1 Å². The molecule has 5 rings (SSSR count). The zero-order valence-corrected chi connectivity index (χ0v) is 17.3. The average Bonchev–Trinajstić information content (AvgIpc) is 3.21. The standard InChI is InChI=1S/C24H23F3N2O3/c25-24(26,27)18-3-1-2-16(9-18)21-6-7-22-17-8-15(11-29(22)23(21)31)10-28(12-17)13-19-4-5-20(14-30)32-19/h1-7,9,15,17,30H,8,10-14H2/t15-,17+/m0/s1. The molecule has 32 heavy (non-hydrogen) atoms. The smallest absolute Gasteiger partial charge is 0.416 e. The molecule has 8 heteroatoms. The third kappa shape index (κ3) is 3.89. The molecule has 3 aromatic rings. The molecule has 1 saturated heterocycles. The number of alkyl halides is 3. The minimum absolute atomic E-state index is 0.129. The molecule has 0 saturated carbocycles. The molecule has 1 aromatic carbocycles. The van der Waals surface area contributed by atoms with Crippen LogP contribution in [0.5, 0.6) is 0 Å². The van der Waals surface area contributed by atoms with E-state index in [1.54, 1.807) is 22.8 Å². The van der Waals surface area contributed by atoms with Crippen LogP contribution in [-0.2, 0) is 25.9 Å². The van der Waals surface area contributed by atoms with Gasteiger partial charge in [0.25, 0.3) is 5.56 Å². The van der Waals surface area contributed by atoms with Crippen LogP contribution in [-0.4, -0.2) is 27.7 Å². The highest BCUT2D eigenvalue weighted by Crippen LogP contribution is 2.37. The number of piperidine rings is 1. The van der Waals surface area contributed by atoms with Crippen LogP contribution in [0.3, 0.4) is 0 Å². The normalized spacial score (nSPS) is 20.9. The summed E-state index contributed by atoms with van der Waals surface area (Å²) in [5, 5.41) is 9.19. The van der Waals surface area contributed by atoms with Crippen molar-refractivity contribution in [1.82, 2.24) is 9.47 Å². The summed E-state index contributed by atoms with van der Waals surface area (Å²) in [6.45, 7) is 2.64. The number of pyridine rings is 1. The molecule has 2 aliphatic heterocycles. The Labute approximate surface area is 182 Å². The highest BCUT2D eigenvalue weighted by atomic mass is 19.4. The molecule has 0 spiro atoms. The summed E-state index contributed by atoms with van der Waals surface area (Å²) in [7, 11) is 0. The van der Waals surface area contributed by atoms with Crippen molar-refractivity contribution in [2.24, 2.45) is 5.92 Å². The van der Waals surface area contributed by atoms with Crippen molar-refractivity contribution in [1.29, 1.82) is 0 Å². The number of aliphatic hydroxyl groups is 1. The number of furan rings is 1. The van der Waals surface area contributed by atoms with E-state index in [-0.39, 0.29) is 29.6 Å². The summed E-state index contributed by atoms with van der Waals surface area (Å²) in [6, 6.07) is 12.1. The average molecular weight is 444 g/mol. The van der Waals surface area contributed by atoms with Gasteiger partial charge in [0.2, 0.25) is 0 Å². The number of hydrogen-bond donors (Lipinski definition) is 1. The van der Waals surface area contributed by atoms with Gasteiger partial charge in [0, 0.05) is 36.8 Å². The monoisotopic (exact) mass is 444 g/mol. The summed E-state index contributed by atoms with van der Waals surface area (Å²) in [6.07, 6.45) is -3.47. The van der Waals surface area contributed by atoms with Crippen LogP contribution in [0.25, 0.3) is 11.1 Å². The second kappa shape index (κ2) is 7.94. The molecule has 1 N–H and O–H groups in total. The van der Waals surface area contributed by atoms with Crippen molar-refractivity contribution < 1.29 is 22.7 Å². The lowest BCUT2D eigenvalue weighted by Crippen LogP contribution is -2.46. The van der Waals surface area contributed by atoms with Gasteiger partial charge in [0.1, 0.15) is 18.1 Å². The molecule has 2 bridgehead atoms. The fraction of sp³-hybridized carbons (Fsp3) is 0.375. The second-order valence-electron chi connectivity index (χ2n) is 8.69. The number of nitrogens with zero attached hydrogens (tertiary/aromatic N) is 2. The van der Waals surface area contributed by atoms with E-state index >= 15 is 0 Å². The van der Waals surface area contributed by atoms with Crippen LogP contribution in [0.15, 0.2) is 57.7 Å². The fourth-order valence-electron chi connectivity index (χ4n) is 5.07. The molecular formula is C24H23F3N2O3. The minimum atomic E-state index is -4.45. The molecule has 4 heterocycles. The van der Waals surface area contributed by atoms with Gasteiger partial charge in [0.15, 0.2) is 0 Å². The molecule has 5 nitrogen and oxygen atoms in total. The highest BCUT2D eigenvalue weighted by molar-refractivity contribution is 5.63. The van der Waals surface area contributed by atoms with Crippen molar-refractivity contribution in [2.45, 2.75) is 38.2 Å². The first-order valence-electron chi connectivity index (χ1n) is 10.6. The van der Waals surface area contributed by atoms with Gasteiger partial charge in [-0.05, 0) is 54.3 Å². The van der Waals surface area contributed by atoms with Gasteiger partial charge < -0.3 is 14.1 Å². The molecule has 168 valence electrons. The van der Waals surface area contributed by atoms with E-state index in [1.807, 2.05) is 12.1 Å². The van der Waals surface area contributed by atoms with Crippen molar-refractivity contribution in [3.8, 4) is 11.1 Å². The maximum absolute atomic E-state index is 13.2. The Morgan fingerprint density at radius 1 is 1.03 bits per heavy atom. The third-order valence-corrected chi connectivity index (χ3v) is 6.43. The van der Waals surface area contributed by atoms with Gasteiger partial charge in [-0.15, -0.1) is 0 Å². The lowest BCUT2D eigenvalue weighted by molar-refractivity contribution is -0.137. The first kappa shape index (κ1) is 21.0. The topological polar surface area (TPSA) is 58.6 Å². The van der Waals surface area contributed by atoms with E-state index in [1.165, 1.54) is 6.07 Å². The van der Waals surface area contributed by atoms with E-state index in [4.69, 9.17) is 4.42 Å². The molecule has 1 fully saturated rings. The maximum Gasteiger partial charge on any atom is 0.416 e. The summed E-state index contributed by atoms with van der Waals surface area (Å²) < 4.78 is 46.7. The number of fused-ring (bicyclic) bond motifs is 4. The Balaban J connectivity index is 1.42. The number of aromatic nitrogens is 1.